The maximum Gasteiger partial charge on any atom is 0.308 e. The number of carbonyl (C=O) groups is 1. The molecule has 0 aliphatic heterocycles. The lowest BCUT2D eigenvalue weighted by Gasteiger charge is -2.04. The van der Waals surface area contributed by atoms with Crippen LogP contribution in [0, 0.1) is 11.3 Å². The Morgan fingerprint density at radius 3 is 2.85 bits per heavy atom. The van der Waals surface area contributed by atoms with E-state index < -0.39 is 0 Å². The van der Waals surface area contributed by atoms with Gasteiger partial charge in [0.25, 0.3) is 0 Å². The first-order chi connectivity index (χ1) is 6.24. The Kier molecular flexibility index (Phi) is 3.04. The summed E-state index contributed by atoms with van der Waals surface area (Å²) in [5.74, 6) is 0.0990. The molecular formula is C10H9NO2. The molecule has 0 bridgehead atoms. The smallest absolute Gasteiger partial charge is 0.308 e. The molecule has 0 fully saturated rings. The molecule has 3 heteroatoms. The summed E-state index contributed by atoms with van der Waals surface area (Å²) in [4.78, 5) is 10.7. The van der Waals surface area contributed by atoms with Crippen molar-refractivity contribution < 1.29 is 9.53 Å². The molecule has 0 radical (unpaired) electrons. The van der Waals surface area contributed by atoms with E-state index in [0.717, 1.165) is 5.56 Å². The van der Waals surface area contributed by atoms with Gasteiger partial charge in [0.05, 0.1) is 12.5 Å². The molecule has 0 N–H and O–H groups in total. The summed E-state index contributed by atoms with van der Waals surface area (Å²) in [6.07, 6.45) is 0.253. The van der Waals surface area contributed by atoms with E-state index >= 15 is 0 Å². The molecule has 0 aliphatic rings. The van der Waals surface area contributed by atoms with Gasteiger partial charge in [0.2, 0.25) is 0 Å². The van der Waals surface area contributed by atoms with Crippen LogP contribution < -0.4 is 4.74 Å². The third kappa shape index (κ3) is 2.60. The Bertz CT molecular complexity index is 352. The quantitative estimate of drug-likeness (QED) is 0.507. The average Bonchev–Trinajstić information content (AvgIpc) is 2.08. The molecule has 0 unspecified atom stereocenters. The van der Waals surface area contributed by atoms with Crippen molar-refractivity contribution in [2.24, 2.45) is 0 Å². The fourth-order valence-electron chi connectivity index (χ4n) is 0.989. The van der Waals surface area contributed by atoms with Crippen molar-refractivity contribution in [1.29, 1.82) is 5.26 Å². The molecule has 3 nitrogen and oxygen atoms in total. The van der Waals surface area contributed by atoms with E-state index in [9.17, 15) is 4.79 Å². The number of hydrogen-bond donors (Lipinski definition) is 0. The maximum atomic E-state index is 10.7. The molecule has 0 atom stereocenters. The van der Waals surface area contributed by atoms with Gasteiger partial charge < -0.3 is 4.74 Å². The summed E-state index contributed by atoms with van der Waals surface area (Å²) < 4.78 is 4.91. The molecule has 66 valence electrons. The Morgan fingerprint density at radius 2 is 2.23 bits per heavy atom. The van der Waals surface area contributed by atoms with Crippen LogP contribution in [-0.4, -0.2) is 5.97 Å². The van der Waals surface area contributed by atoms with Gasteiger partial charge >= 0.3 is 5.97 Å². The van der Waals surface area contributed by atoms with Crippen LogP contribution in [-0.2, 0) is 11.2 Å². The number of esters is 1. The first kappa shape index (κ1) is 9.27. The van der Waals surface area contributed by atoms with E-state index in [1.54, 1.807) is 24.3 Å². The van der Waals surface area contributed by atoms with Crippen molar-refractivity contribution in [3.8, 4) is 11.8 Å². The van der Waals surface area contributed by atoms with Gasteiger partial charge in [-0.25, -0.2) is 0 Å². The standard InChI is InChI=1S/C10H9NO2/c1-8(12)13-10-5-3-2-4-9(10)6-7-11/h2-5H,6H2,1H3. The number of carbonyl (C=O) groups excluding carboxylic acids is 1. The lowest BCUT2D eigenvalue weighted by molar-refractivity contribution is -0.131. The fourth-order valence-corrected chi connectivity index (χ4v) is 0.989. The minimum absolute atomic E-state index is 0.253. The zero-order valence-corrected chi connectivity index (χ0v) is 7.28. The van der Waals surface area contributed by atoms with Crippen LogP contribution in [0.4, 0.5) is 0 Å². The zero-order valence-electron chi connectivity index (χ0n) is 7.28. The van der Waals surface area contributed by atoms with Crippen LogP contribution in [0.15, 0.2) is 24.3 Å². The van der Waals surface area contributed by atoms with Crippen LogP contribution >= 0.6 is 0 Å². The molecule has 1 aromatic rings. The van der Waals surface area contributed by atoms with E-state index in [2.05, 4.69) is 0 Å². The molecule has 0 saturated heterocycles. The number of rotatable bonds is 2. The summed E-state index contributed by atoms with van der Waals surface area (Å²) >= 11 is 0. The summed E-state index contributed by atoms with van der Waals surface area (Å²) in [5, 5.41) is 8.49. The van der Waals surface area contributed by atoms with E-state index in [0.29, 0.717) is 5.75 Å². The predicted octanol–water partition coefficient (Wildman–Crippen LogP) is 1.68. The Hall–Kier alpha value is -1.82. The van der Waals surface area contributed by atoms with E-state index in [4.69, 9.17) is 10.00 Å². The summed E-state index contributed by atoms with van der Waals surface area (Å²) in [6.45, 7) is 1.34. The first-order valence-corrected chi connectivity index (χ1v) is 3.87. The lowest BCUT2D eigenvalue weighted by atomic mass is 10.1. The molecule has 0 aliphatic carbocycles. The number of benzene rings is 1. The molecular weight excluding hydrogens is 166 g/mol. The molecule has 13 heavy (non-hydrogen) atoms. The molecule has 0 saturated carbocycles. The van der Waals surface area contributed by atoms with Gasteiger partial charge in [-0.1, -0.05) is 18.2 Å². The number of nitrogens with zero attached hydrogens (tertiary/aromatic N) is 1. The van der Waals surface area contributed by atoms with Crippen LogP contribution in [0.3, 0.4) is 0 Å². The highest BCUT2D eigenvalue weighted by molar-refractivity contribution is 5.69. The molecule has 0 heterocycles. The normalized spacial score (nSPS) is 8.92. The largest absolute Gasteiger partial charge is 0.426 e. The second-order valence-electron chi connectivity index (χ2n) is 2.54. The average molecular weight is 175 g/mol. The highest BCUT2D eigenvalue weighted by atomic mass is 16.5. The van der Waals surface area contributed by atoms with Gasteiger partial charge in [-0.15, -0.1) is 0 Å². The second-order valence-corrected chi connectivity index (χ2v) is 2.54. The SMILES string of the molecule is CC(=O)Oc1ccccc1CC#N. The van der Waals surface area contributed by atoms with Gasteiger partial charge in [-0.2, -0.15) is 5.26 Å². The summed E-state index contributed by atoms with van der Waals surface area (Å²) in [7, 11) is 0. The highest BCUT2D eigenvalue weighted by Crippen LogP contribution is 2.17. The van der Waals surface area contributed by atoms with Crippen LogP contribution in [0.5, 0.6) is 5.75 Å². The van der Waals surface area contributed by atoms with Gasteiger partial charge in [0.1, 0.15) is 5.75 Å². The Balaban J connectivity index is 2.92. The van der Waals surface area contributed by atoms with E-state index in [-0.39, 0.29) is 12.4 Å². The number of nitriles is 1. The van der Waals surface area contributed by atoms with Crippen molar-refractivity contribution in [3.05, 3.63) is 29.8 Å². The van der Waals surface area contributed by atoms with Crippen molar-refractivity contribution >= 4 is 5.97 Å². The zero-order chi connectivity index (χ0) is 9.68. The number of ether oxygens (including phenoxy) is 1. The van der Waals surface area contributed by atoms with Crippen LogP contribution in [0.25, 0.3) is 0 Å². The number of hydrogen-bond acceptors (Lipinski definition) is 3. The van der Waals surface area contributed by atoms with Gasteiger partial charge in [0.15, 0.2) is 0 Å². The maximum absolute atomic E-state index is 10.7. The van der Waals surface area contributed by atoms with Gasteiger partial charge in [-0.3, -0.25) is 4.79 Å². The minimum atomic E-state index is -0.370. The highest BCUT2D eigenvalue weighted by Gasteiger charge is 2.03. The molecule has 0 spiro atoms. The van der Waals surface area contributed by atoms with Gasteiger partial charge in [-0.05, 0) is 6.07 Å². The van der Waals surface area contributed by atoms with E-state index in [1.165, 1.54) is 6.92 Å². The van der Waals surface area contributed by atoms with Crippen molar-refractivity contribution in [2.45, 2.75) is 13.3 Å². The third-order valence-electron chi connectivity index (χ3n) is 1.50. The van der Waals surface area contributed by atoms with Crippen molar-refractivity contribution in [3.63, 3.8) is 0 Å². The van der Waals surface area contributed by atoms with Crippen molar-refractivity contribution in [2.75, 3.05) is 0 Å². The van der Waals surface area contributed by atoms with Crippen molar-refractivity contribution in [1.82, 2.24) is 0 Å². The Labute approximate surface area is 76.6 Å². The molecule has 0 aromatic heterocycles. The third-order valence-corrected chi connectivity index (χ3v) is 1.50. The molecule has 0 amide bonds. The Morgan fingerprint density at radius 1 is 1.54 bits per heavy atom. The predicted molar refractivity (Wildman–Crippen MR) is 47.1 cm³/mol. The van der Waals surface area contributed by atoms with E-state index in [1.807, 2.05) is 6.07 Å². The minimum Gasteiger partial charge on any atom is -0.426 e. The van der Waals surface area contributed by atoms with Crippen LogP contribution in [0.2, 0.25) is 0 Å². The fraction of sp³-hybridized carbons (Fsp3) is 0.200. The first-order valence-electron chi connectivity index (χ1n) is 3.87. The lowest BCUT2D eigenvalue weighted by Crippen LogP contribution is -2.03. The summed E-state index contributed by atoms with van der Waals surface area (Å²) in [6, 6.07) is 9.01. The molecule has 1 aromatic carbocycles. The van der Waals surface area contributed by atoms with Gasteiger partial charge in [0, 0.05) is 12.5 Å². The summed E-state index contributed by atoms with van der Waals surface area (Å²) in [5.41, 5.74) is 0.736. The monoisotopic (exact) mass is 175 g/mol. The molecule has 1 rings (SSSR count). The topological polar surface area (TPSA) is 50.1 Å². The second kappa shape index (κ2) is 4.27. The number of para-hydroxylation sites is 1. The van der Waals surface area contributed by atoms with Crippen LogP contribution in [0.1, 0.15) is 12.5 Å².